The molecule has 2 aromatic heterocycles. The number of rotatable bonds is 9. The van der Waals surface area contributed by atoms with E-state index in [1.54, 1.807) is 11.3 Å². The number of benzene rings is 1. The van der Waals surface area contributed by atoms with E-state index in [-0.39, 0.29) is 12.3 Å². The van der Waals surface area contributed by atoms with E-state index in [4.69, 9.17) is 9.15 Å². The van der Waals surface area contributed by atoms with Crippen molar-refractivity contribution in [1.82, 2.24) is 10.2 Å². The van der Waals surface area contributed by atoms with Gasteiger partial charge in [0.2, 0.25) is 17.7 Å². The molecule has 0 bridgehead atoms. The lowest BCUT2D eigenvalue weighted by Crippen LogP contribution is -2.13. The van der Waals surface area contributed by atoms with Gasteiger partial charge in [0.05, 0.1) is 12.3 Å². The molecular formula is C19H21N3O3S. The second-order valence-corrected chi connectivity index (χ2v) is 6.54. The summed E-state index contributed by atoms with van der Waals surface area (Å²) in [6.45, 7) is 2.75. The van der Waals surface area contributed by atoms with Crippen LogP contribution in [0.4, 0.5) is 5.69 Å². The van der Waals surface area contributed by atoms with Gasteiger partial charge in [0.15, 0.2) is 0 Å². The van der Waals surface area contributed by atoms with E-state index in [9.17, 15) is 4.79 Å². The van der Waals surface area contributed by atoms with Crippen molar-refractivity contribution in [3.05, 3.63) is 47.0 Å². The molecule has 0 aliphatic carbocycles. The lowest BCUT2D eigenvalue weighted by atomic mass is 10.2. The third kappa shape index (κ3) is 4.92. The molecular weight excluding hydrogens is 350 g/mol. The first-order chi connectivity index (χ1) is 12.8. The third-order valence-electron chi connectivity index (χ3n) is 3.72. The Balaban J connectivity index is 1.53. The summed E-state index contributed by atoms with van der Waals surface area (Å²) < 4.78 is 11.3. The highest BCUT2D eigenvalue weighted by molar-refractivity contribution is 7.08. The van der Waals surface area contributed by atoms with E-state index in [2.05, 4.69) is 22.4 Å². The first-order valence-electron chi connectivity index (χ1n) is 8.63. The summed E-state index contributed by atoms with van der Waals surface area (Å²) in [6.07, 6.45) is 2.69. The Hall–Kier alpha value is -2.67. The van der Waals surface area contributed by atoms with Gasteiger partial charge in [-0.25, -0.2) is 0 Å². The molecule has 26 heavy (non-hydrogen) atoms. The molecule has 6 nitrogen and oxygen atoms in total. The molecule has 7 heteroatoms. The Morgan fingerprint density at radius 3 is 2.96 bits per heavy atom. The number of ether oxygens (including phenoxy) is 1. The number of nitrogens with one attached hydrogen (secondary N) is 1. The minimum absolute atomic E-state index is 0.119. The molecule has 0 saturated heterocycles. The highest BCUT2D eigenvalue weighted by Crippen LogP contribution is 2.24. The van der Waals surface area contributed by atoms with E-state index in [1.807, 2.05) is 41.1 Å². The Morgan fingerprint density at radius 2 is 2.15 bits per heavy atom. The number of aryl methyl sites for hydroxylation is 1. The van der Waals surface area contributed by atoms with Crippen LogP contribution in [-0.4, -0.2) is 22.7 Å². The fourth-order valence-electron chi connectivity index (χ4n) is 2.31. The molecule has 1 amide bonds. The van der Waals surface area contributed by atoms with Gasteiger partial charge >= 0.3 is 0 Å². The minimum Gasteiger partial charge on any atom is -0.491 e. The van der Waals surface area contributed by atoms with Crippen LogP contribution in [0.2, 0.25) is 0 Å². The zero-order valence-electron chi connectivity index (χ0n) is 14.6. The highest BCUT2D eigenvalue weighted by Gasteiger charge is 2.12. The van der Waals surface area contributed by atoms with E-state index < -0.39 is 0 Å². The minimum atomic E-state index is -0.119. The largest absolute Gasteiger partial charge is 0.491 e. The number of carbonyl (C=O) groups is 1. The molecule has 3 aromatic rings. The molecule has 136 valence electrons. The molecule has 0 unspecified atom stereocenters. The van der Waals surface area contributed by atoms with Gasteiger partial charge in [-0.3, -0.25) is 4.79 Å². The zero-order valence-corrected chi connectivity index (χ0v) is 15.4. The zero-order chi connectivity index (χ0) is 18.2. The lowest BCUT2D eigenvalue weighted by molar-refractivity contribution is -0.116. The van der Waals surface area contributed by atoms with Crippen molar-refractivity contribution in [1.29, 1.82) is 0 Å². The topological polar surface area (TPSA) is 77.2 Å². The van der Waals surface area contributed by atoms with Crippen molar-refractivity contribution in [3.8, 4) is 17.2 Å². The van der Waals surface area contributed by atoms with E-state index in [0.29, 0.717) is 36.2 Å². The van der Waals surface area contributed by atoms with Gasteiger partial charge in [-0.1, -0.05) is 25.5 Å². The molecule has 3 rings (SSSR count). The van der Waals surface area contributed by atoms with E-state index in [1.165, 1.54) is 0 Å². The maximum Gasteiger partial charge on any atom is 0.248 e. The summed E-state index contributed by atoms with van der Waals surface area (Å²) in [5, 5.41) is 14.8. The van der Waals surface area contributed by atoms with Gasteiger partial charge in [-0.2, -0.15) is 11.3 Å². The second kappa shape index (κ2) is 9.15. The van der Waals surface area contributed by atoms with Gasteiger partial charge in [-0.15, -0.1) is 10.2 Å². The number of amides is 1. The Bertz CT molecular complexity index is 830. The van der Waals surface area contributed by atoms with Gasteiger partial charge < -0.3 is 14.5 Å². The van der Waals surface area contributed by atoms with Crippen LogP contribution in [0, 0.1) is 0 Å². The summed E-state index contributed by atoms with van der Waals surface area (Å²) in [6, 6.07) is 9.37. The standard InChI is InChI=1S/C19H21N3O3S/c1-2-3-11-24-16-7-5-4-6-15(16)20-17(23)8-9-18-21-22-19(25-18)14-10-12-26-13-14/h4-7,10,12-13H,2-3,8-9,11H2,1H3,(H,20,23). The van der Waals surface area contributed by atoms with Gasteiger partial charge in [0.1, 0.15) is 5.75 Å². The van der Waals surface area contributed by atoms with Crippen LogP contribution in [0.5, 0.6) is 5.75 Å². The van der Waals surface area contributed by atoms with Crippen LogP contribution in [0.1, 0.15) is 32.1 Å². The first-order valence-corrected chi connectivity index (χ1v) is 9.57. The third-order valence-corrected chi connectivity index (χ3v) is 4.40. The molecule has 0 spiro atoms. The van der Waals surface area contributed by atoms with Gasteiger partial charge in [0, 0.05) is 23.8 Å². The van der Waals surface area contributed by atoms with Crippen LogP contribution >= 0.6 is 11.3 Å². The number of carbonyl (C=O) groups excluding carboxylic acids is 1. The number of hydrogen-bond donors (Lipinski definition) is 1. The first kappa shape index (κ1) is 18.1. The fraction of sp³-hybridized carbons (Fsp3) is 0.316. The molecule has 0 fully saturated rings. The van der Waals surface area contributed by atoms with Crippen molar-refractivity contribution >= 4 is 22.9 Å². The number of anilines is 1. The van der Waals surface area contributed by atoms with Crippen LogP contribution < -0.4 is 10.1 Å². The van der Waals surface area contributed by atoms with Crippen LogP contribution in [-0.2, 0) is 11.2 Å². The Morgan fingerprint density at radius 1 is 1.27 bits per heavy atom. The van der Waals surface area contributed by atoms with Crippen molar-refractivity contribution < 1.29 is 13.9 Å². The molecule has 0 radical (unpaired) electrons. The summed E-state index contributed by atoms with van der Waals surface area (Å²) in [4.78, 5) is 12.2. The smallest absolute Gasteiger partial charge is 0.248 e. The number of thiophene rings is 1. The quantitative estimate of drug-likeness (QED) is 0.558. The molecule has 0 aliphatic heterocycles. The summed E-state index contributed by atoms with van der Waals surface area (Å²) in [5.41, 5.74) is 1.58. The normalized spacial score (nSPS) is 10.7. The monoisotopic (exact) mass is 371 g/mol. The highest BCUT2D eigenvalue weighted by atomic mass is 32.1. The molecule has 0 atom stereocenters. The number of hydrogen-bond acceptors (Lipinski definition) is 6. The SMILES string of the molecule is CCCCOc1ccccc1NC(=O)CCc1nnc(-c2ccsc2)o1. The average Bonchev–Trinajstić information content (AvgIpc) is 3.33. The van der Waals surface area contributed by atoms with Gasteiger partial charge in [-0.05, 0) is 30.0 Å². The van der Waals surface area contributed by atoms with Crippen LogP contribution in [0.15, 0.2) is 45.5 Å². The molecule has 1 aromatic carbocycles. The number of aromatic nitrogens is 2. The Kier molecular flexibility index (Phi) is 6.38. The Labute approximate surface area is 156 Å². The summed E-state index contributed by atoms with van der Waals surface area (Å²) in [7, 11) is 0. The maximum atomic E-state index is 12.2. The maximum absolute atomic E-state index is 12.2. The predicted octanol–water partition coefficient (Wildman–Crippen LogP) is 4.55. The van der Waals surface area contributed by atoms with Crippen LogP contribution in [0.25, 0.3) is 11.5 Å². The number of unbranched alkanes of at least 4 members (excludes halogenated alkanes) is 1. The number of para-hydroxylation sites is 2. The van der Waals surface area contributed by atoms with Crippen molar-refractivity contribution in [3.63, 3.8) is 0 Å². The molecule has 0 aliphatic rings. The van der Waals surface area contributed by atoms with Crippen molar-refractivity contribution in [2.24, 2.45) is 0 Å². The second-order valence-electron chi connectivity index (χ2n) is 5.76. The number of nitrogens with zero attached hydrogens (tertiary/aromatic N) is 2. The van der Waals surface area contributed by atoms with Crippen LogP contribution in [0.3, 0.4) is 0 Å². The average molecular weight is 371 g/mol. The fourth-order valence-corrected chi connectivity index (χ4v) is 2.94. The molecule has 1 N–H and O–H groups in total. The summed E-state index contributed by atoms with van der Waals surface area (Å²) >= 11 is 1.57. The van der Waals surface area contributed by atoms with Crippen molar-refractivity contribution in [2.45, 2.75) is 32.6 Å². The van der Waals surface area contributed by atoms with Crippen molar-refractivity contribution in [2.75, 3.05) is 11.9 Å². The van der Waals surface area contributed by atoms with Gasteiger partial charge in [0.25, 0.3) is 0 Å². The lowest BCUT2D eigenvalue weighted by Gasteiger charge is -2.11. The predicted molar refractivity (Wildman–Crippen MR) is 101 cm³/mol. The molecule has 2 heterocycles. The van der Waals surface area contributed by atoms with E-state index in [0.717, 1.165) is 18.4 Å². The molecule has 0 saturated carbocycles. The summed E-state index contributed by atoms with van der Waals surface area (Å²) in [5.74, 6) is 1.50. The van der Waals surface area contributed by atoms with E-state index >= 15 is 0 Å².